The maximum absolute atomic E-state index is 11.1. The van der Waals surface area contributed by atoms with Crippen molar-refractivity contribution in [3.8, 4) is 0 Å². The lowest BCUT2D eigenvalue weighted by atomic mass is 9.89. The Morgan fingerprint density at radius 1 is 1.42 bits per heavy atom. The number of hydrogen-bond acceptors (Lipinski definition) is 2. The van der Waals surface area contributed by atoms with E-state index in [-0.39, 0.29) is 17.4 Å². The van der Waals surface area contributed by atoms with E-state index in [9.17, 15) is 9.59 Å². The molecule has 3 amide bonds. The Kier molecular flexibility index (Phi) is 2.08. The van der Waals surface area contributed by atoms with Crippen molar-refractivity contribution in [1.82, 2.24) is 10.2 Å². The van der Waals surface area contributed by atoms with Crippen LogP contribution in [0.2, 0.25) is 0 Å². The number of carbonyl (C=O) groups is 2. The average molecular weight is 170 g/mol. The lowest BCUT2D eigenvalue weighted by Gasteiger charge is -2.24. The van der Waals surface area contributed by atoms with Gasteiger partial charge in [-0.2, -0.15) is 0 Å². The summed E-state index contributed by atoms with van der Waals surface area (Å²) in [7, 11) is 1.69. The summed E-state index contributed by atoms with van der Waals surface area (Å²) in [4.78, 5) is 23.7. The number of carbonyl (C=O) groups excluding carboxylic acids is 2. The number of nitrogens with one attached hydrogen (secondary N) is 1. The molecule has 0 bridgehead atoms. The first-order valence-electron chi connectivity index (χ1n) is 3.96. The molecule has 4 nitrogen and oxygen atoms in total. The molecule has 4 heteroatoms. The molecule has 1 fully saturated rings. The molecule has 0 unspecified atom stereocenters. The number of imide groups is 1. The predicted octanol–water partition coefficient (Wildman–Crippen LogP) is 0.584. The van der Waals surface area contributed by atoms with E-state index in [0.717, 1.165) is 0 Å². The van der Waals surface area contributed by atoms with E-state index in [1.807, 2.05) is 13.8 Å². The van der Waals surface area contributed by atoms with Crippen LogP contribution in [0.15, 0.2) is 0 Å². The fourth-order valence-electron chi connectivity index (χ4n) is 1.46. The molecule has 1 rings (SSSR count). The Hall–Kier alpha value is -1.06. The van der Waals surface area contributed by atoms with Crippen LogP contribution in [0.25, 0.3) is 0 Å². The van der Waals surface area contributed by atoms with Gasteiger partial charge in [0.15, 0.2) is 0 Å². The quantitative estimate of drug-likeness (QED) is 0.578. The number of urea groups is 1. The van der Waals surface area contributed by atoms with E-state index in [1.54, 1.807) is 7.05 Å². The summed E-state index contributed by atoms with van der Waals surface area (Å²) in [6.07, 6.45) is 0.406. The molecule has 0 aliphatic carbocycles. The molecule has 0 aromatic rings. The Bertz CT molecular complexity index is 223. The molecule has 0 spiro atoms. The van der Waals surface area contributed by atoms with Crippen LogP contribution in [0.5, 0.6) is 0 Å². The first-order chi connectivity index (χ1) is 5.41. The third-order valence-electron chi connectivity index (χ3n) is 1.90. The molecule has 0 aromatic carbocycles. The summed E-state index contributed by atoms with van der Waals surface area (Å²) in [5.41, 5.74) is -0.120. The second-order valence-corrected chi connectivity index (χ2v) is 4.05. The molecule has 12 heavy (non-hydrogen) atoms. The topological polar surface area (TPSA) is 49.4 Å². The Balaban J connectivity index is 2.80. The second kappa shape index (κ2) is 2.77. The van der Waals surface area contributed by atoms with Gasteiger partial charge in [-0.15, -0.1) is 0 Å². The van der Waals surface area contributed by atoms with Crippen LogP contribution in [0.4, 0.5) is 4.79 Å². The van der Waals surface area contributed by atoms with Gasteiger partial charge in [-0.3, -0.25) is 10.1 Å². The Morgan fingerprint density at radius 2 is 2.00 bits per heavy atom. The normalized spacial score (nSPS) is 23.4. The smallest absolute Gasteiger partial charge is 0.323 e. The van der Waals surface area contributed by atoms with E-state index in [0.29, 0.717) is 13.0 Å². The molecule has 0 aromatic heterocycles. The lowest BCUT2D eigenvalue weighted by molar-refractivity contribution is -0.121. The molecule has 1 aliphatic heterocycles. The maximum atomic E-state index is 11.1. The molecule has 1 N–H and O–H groups in total. The number of hydrogen-bond donors (Lipinski definition) is 1. The molecule has 0 radical (unpaired) electrons. The van der Waals surface area contributed by atoms with Gasteiger partial charge in [0.1, 0.15) is 0 Å². The Labute approximate surface area is 71.9 Å². The second-order valence-electron chi connectivity index (χ2n) is 4.05. The van der Waals surface area contributed by atoms with Crippen LogP contribution in [0.3, 0.4) is 0 Å². The highest BCUT2D eigenvalue weighted by Crippen LogP contribution is 2.23. The van der Waals surface area contributed by atoms with Gasteiger partial charge in [-0.05, 0) is 5.41 Å². The van der Waals surface area contributed by atoms with Gasteiger partial charge in [0, 0.05) is 20.0 Å². The molecule has 1 saturated heterocycles. The van der Waals surface area contributed by atoms with Gasteiger partial charge in [0.05, 0.1) is 0 Å². The fraction of sp³-hybridized carbons (Fsp3) is 0.750. The van der Waals surface area contributed by atoms with Crippen LogP contribution in [0, 0.1) is 5.41 Å². The monoisotopic (exact) mass is 170 g/mol. The van der Waals surface area contributed by atoms with E-state index in [2.05, 4.69) is 5.32 Å². The van der Waals surface area contributed by atoms with E-state index in [1.165, 1.54) is 4.90 Å². The SMILES string of the molecule is CN1CC(C)(C)CC(=O)NC1=O. The third kappa shape index (κ3) is 1.96. The van der Waals surface area contributed by atoms with Crippen LogP contribution < -0.4 is 5.32 Å². The highest BCUT2D eigenvalue weighted by molar-refractivity contribution is 5.95. The van der Waals surface area contributed by atoms with Gasteiger partial charge in [0.25, 0.3) is 0 Å². The predicted molar refractivity (Wildman–Crippen MR) is 44.6 cm³/mol. The van der Waals surface area contributed by atoms with Gasteiger partial charge >= 0.3 is 6.03 Å². The minimum atomic E-state index is -0.300. The summed E-state index contributed by atoms with van der Waals surface area (Å²) in [6.45, 7) is 4.56. The van der Waals surface area contributed by atoms with Crippen molar-refractivity contribution in [2.24, 2.45) is 5.41 Å². The lowest BCUT2D eigenvalue weighted by Crippen LogP contribution is -2.38. The van der Waals surface area contributed by atoms with E-state index >= 15 is 0 Å². The molecule has 1 heterocycles. The molecular weight excluding hydrogens is 156 g/mol. The van der Waals surface area contributed by atoms with Crippen molar-refractivity contribution < 1.29 is 9.59 Å². The van der Waals surface area contributed by atoms with Crippen molar-refractivity contribution in [3.05, 3.63) is 0 Å². The zero-order valence-corrected chi connectivity index (χ0v) is 7.68. The molecular formula is C8H14N2O2. The van der Waals surface area contributed by atoms with Crippen molar-refractivity contribution in [1.29, 1.82) is 0 Å². The molecule has 68 valence electrons. The summed E-state index contributed by atoms with van der Waals surface area (Å²) >= 11 is 0. The van der Waals surface area contributed by atoms with Gasteiger partial charge in [-0.25, -0.2) is 4.79 Å². The third-order valence-corrected chi connectivity index (χ3v) is 1.90. The first kappa shape index (κ1) is 9.03. The summed E-state index contributed by atoms with van der Waals surface area (Å²) in [5, 5.41) is 2.30. The maximum Gasteiger partial charge on any atom is 0.323 e. The van der Waals surface area contributed by atoms with Crippen molar-refractivity contribution in [3.63, 3.8) is 0 Å². The van der Waals surface area contributed by atoms with Crippen LogP contribution in [-0.4, -0.2) is 30.4 Å². The summed E-state index contributed by atoms with van der Waals surface area (Å²) in [5.74, 6) is -0.186. The minimum absolute atomic E-state index is 0.120. The van der Waals surface area contributed by atoms with Crippen molar-refractivity contribution in [2.75, 3.05) is 13.6 Å². The molecule has 1 aliphatic rings. The minimum Gasteiger partial charge on any atom is -0.327 e. The summed E-state index contributed by atoms with van der Waals surface area (Å²) in [6, 6.07) is -0.300. The number of nitrogens with zero attached hydrogens (tertiary/aromatic N) is 1. The van der Waals surface area contributed by atoms with Crippen LogP contribution >= 0.6 is 0 Å². The van der Waals surface area contributed by atoms with Crippen LogP contribution in [-0.2, 0) is 4.79 Å². The van der Waals surface area contributed by atoms with Crippen LogP contribution in [0.1, 0.15) is 20.3 Å². The fourth-order valence-corrected chi connectivity index (χ4v) is 1.46. The molecule has 0 atom stereocenters. The zero-order chi connectivity index (χ0) is 9.35. The largest absolute Gasteiger partial charge is 0.327 e. The van der Waals surface area contributed by atoms with Gasteiger partial charge < -0.3 is 4.90 Å². The summed E-state index contributed by atoms with van der Waals surface area (Å²) < 4.78 is 0. The number of rotatable bonds is 0. The van der Waals surface area contributed by atoms with Crippen molar-refractivity contribution in [2.45, 2.75) is 20.3 Å². The first-order valence-corrected chi connectivity index (χ1v) is 3.96. The molecule has 0 saturated carbocycles. The number of amides is 3. The standard InChI is InChI=1S/C8H14N2O2/c1-8(2)4-6(11)9-7(12)10(3)5-8/h4-5H2,1-3H3,(H,9,11,12). The van der Waals surface area contributed by atoms with Gasteiger partial charge in [0.2, 0.25) is 5.91 Å². The van der Waals surface area contributed by atoms with E-state index < -0.39 is 0 Å². The van der Waals surface area contributed by atoms with E-state index in [4.69, 9.17) is 0 Å². The van der Waals surface area contributed by atoms with Crippen molar-refractivity contribution >= 4 is 11.9 Å². The zero-order valence-electron chi connectivity index (χ0n) is 7.68. The Morgan fingerprint density at radius 3 is 2.58 bits per heavy atom. The van der Waals surface area contributed by atoms with Gasteiger partial charge in [-0.1, -0.05) is 13.8 Å². The highest BCUT2D eigenvalue weighted by atomic mass is 16.2. The highest BCUT2D eigenvalue weighted by Gasteiger charge is 2.30. The average Bonchev–Trinajstić information content (AvgIpc) is 1.89.